The zero-order valence-electron chi connectivity index (χ0n) is 10.9. The van der Waals surface area contributed by atoms with Gasteiger partial charge in [0.1, 0.15) is 5.15 Å². The van der Waals surface area contributed by atoms with E-state index in [9.17, 15) is 4.79 Å². The van der Waals surface area contributed by atoms with E-state index in [1.165, 1.54) is 24.6 Å². The van der Waals surface area contributed by atoms with Crippen LogP contribution in [-0.4, -0.2) is 10.8 Å². The third-order valence-electron chi connectivity index (χ3n) is 3.02. The third-order valence-corrected chi connectivity index (χ3v) is 3.25. The molecule has 1 aromatic heterocycles. The maximum Gasteiger partial charge on any atom is 0.194 e. The molecule has 2 rings (SSSR count). The van der Waals surface area contributed by atoms with Gasteiger partial charge in [0.15, 0.2) is 5.78 Å². The van der Waals surface area contributed by atoms with E-state index >= 15 is 0 Å². The third kappa shape index (κ3) is 3.65. The number of rotatable bonds is 5. The van der Waals surface area contributed by atoms with E-state index in [2.05, 4.69) is 11.9 Å². The minimum absolute atomic E-state index is 0.0220. The molecule has 98 valence electrons. The number of pyridine rings is 1. The first-order chi connectivity index (χ1) is 9.20. The summed E-state index contributed by atoms with van der Waals surface area (Å²) in [4.78, 5) is 16.1. The molecule has 2 aromatic rings. The van der Waals surface area contributed by atoms with Crippen molar-refractivity contribution in [2.45, 2.75) is 26.2 Å². The van der Waals surface area contributed by atoms with Crippen molar-refractivity contribution < 1.29 is 4.79 Å². The summed E-state index contributed by atoms with van der Waals surface area (Å²) >= 11 is 5.71. The van der Waals surface area contributed by atoms with Crippen LogP contribution in [0.2, 0.25) is 5.15 Å². The van der Waals surface area contributed by atoms with Gasteiger partial charge in [0.2, 0.25) is 0 Å². The summed E-state index contributed by atoms with van der Waals surface area (Å²) in [5, 5.41) is 0.395. The summed E-state index contributed by atoms with van der Waals surface area (Å²) in [6.45, 7) is 2.17. The van der Waals surface area contributed by atoms with Crippen LogP contribution in [0, 0.1) is 0 Å². The van der Waals surface area contributed by atoms with Crippen LogP contribution in [0.4, 0.5) is 0 Å². The topological polar surface area (TPSA) is 30.0 Å². The van der Waals surface area contributed by atoms with Gasteiger partial charge in [-0.15, -0.1) is 0 Å². The standard InChI is InChI=1S/C16H16ClNO/c1-2-3-4-12-5-7-13(8-6-12)16(19)14-9-10-15(17)18-11-14/h5-11H,2-4H2,1H3. The highest BCUT2D eigenvalue weighted by atomic mass is 35.5. The smallest absolute Gasteiger partial charge is 0.194 e. The predicted octanol–water partition coefficient (Wildman–Crippen LogP) is 4.31. The second-order valence-corrected chi connectivity index (χ2v) is 4.89. The van der Waals surface area contributed by atoms with E-state index in [4.69, 9.17) is 11.6 Å². The van der Waals surface area contributed by atoms with Crippen LogP contribution in [0.3, 0.4) is 0 Å². The molecule has 0 fully saturated rings. The summed E-state index contributed by atoms with van der Waals surface area (Å²) < 4.78 is 0. The second kappa shape index (κ2) is 6.48. The molecule has 1 aromatic carbocycles. The van der Waals surface area contributed by atoms with E-state index in [-0.39, 0.29) is 5.78 Å². The number of ketones is 1. The summed E-state index contributed by atoms with van der Waals surface area (Å²) in [6, 6.07) is 11.1. The fraction of sp³-hybridized carbons (Fsp3) is 0.250. The van der Waals surface area contributed by atoms with Gasteiger partial charge in [0.05, 0.1) is 0 Å². The summed E-state index contributed by atoms with van der Waals surface area (Å²) in [6.07, 6.45) is 4.93. The van der Waals surface area contributed by atoms with Crippen molar-refractivity contribution in [3.63, 3.8) is 0 Å². The molecule has 0 aliphatic carbocycles. The summed E-state index contributed by atoms with van der Waals surface area (Å²) in [7, 11) is 0. The molecular weight excluding hydrogens is 258 g/mol. The molecule has 0 saturated carbocycles. The number of nitrogens with zero attached hydrogens (tertiary/aromatic N) is 1. The quantitative estimate of drug-likeness (QED) is 0.600. The minimum atomic E-state index is -0.0220. The Kier molecular flexibility index (Phi) is 4.69. The first-order valence-electron chi connectivity index (χ1n) is 6.46. The minimum Gasteiger partial charge on any atom is -0.289 e. The molecule has 1 heterocycles. The normalized spacial score (nSPS) is 10.4. The van der Waals surface area contributed by atoms with E-state index in [1.54, 1.807) is 12.1 Å². The maximum absolute atomic E-state index is 12.2. The van der Waals surface area contributed by atoms with E-state index in [0.717, 1.165) is 6.42 Å². The van der Waals surface area contributed by atoms with E-state index in [1.807, 2.05) is 24.3 Å². The van der Waals surface area contributed by atoms with Crippen LogP contribution in [0.5, 0.6) is 0 Å². The van der Waals surface area contributed by atoms with Crippen molar-refractivity contribution in [3.8, 4) is 0 Å². The molecule has 0 aliphatic heterocycles. The molecule has 0 N–H and O–H groups in total. The Hall–Kier alpha value is -1.67. The van der Waals surface area contributed by atoms with Crippen LogP contribution in [0.15, 0.2) is 42.6 Å². The number of aromatic nitrogens is 1. The molecule has 0 saturated heterocycles. The van der Waals surface area contributed by atoms with Crippen molar-refractivity contribution >= 4 is 17.4 Å². The Morgan fingerprint density at radius 3 is 2.37 bits per heavy atom. The second-order valence-electron chi connectivity index (χ2n) is 4.50. The number of aryl methyl sites for hydroxylation is 1. The predicted molar refractivity (Wildman–Crippen MR) is 77.7 cm³/mol. The molecule has 0 aliphatic rings. The van der Waals surface area contributed by atoms with Gasteiger partial charge in [-0.25, -0.2) is 4.98 Å². The Labute approximate surface area is 118 Å². The van der Waals surface area contributed by atoms with Crippen molar-refractivity contribution in [2.75, 3.05) is 0 Å². The lowest BCUT2D eigenvalue weighted by Gasteiger charge is -2.03. The van der Waals surface area contributed by atoms with Gasteiger partial charge in [0, 0.05) is 17.3 Å². The Morgan fingerprint density at radius 2 is 1.79 bits per heavy atom. The van der Waals surface area contributed by atoms with Crippen LogP contribution in [-0.2, 0) is 6.42 Å². The molecule has 0 spiro atoms. The lowest BCUT2D eigenvalue weighted by molar-refractivity contribution is 0.103. The highest BCUT2D eigenvalue weighted by Gasteiger charge is 2.09. The van der Waals surface area contributed by atoms with Crippen LogP contribution >= 0.6 is 11.6 Å². The highest BCUT2D eigenvalue weighted by Crippen LogP contribution is 2.13. The number of unbranched alkanes of at least 4 members (excludes halogenated alkanes) is 1. The lowest BCUT2D eigenvalue weighted by atomic mass is 10.0. The molecular formula is C16H16ClNO. The molecule has 2 nitrogen and oxygen atoms in total. The van der Waals surface area contributed by atoms with Crippen molar-refractivity contribution in [2.24, 2.45) is 0 Å². The fourth-order valence-electron chi connectivity index (χ4n) is 1.88. The average Bonchev–Trinajstić information content (AvgIpc) is 2.46. The number of hydrogen-bond acceptors (Lipinski definition) is 2. The number of benzene rings is 1. The van der Waals surface area contributed by atoms with Crippen molar-refractivity contribution in [1.29, 1.82) is 0 Å². The van der Waals surface area contributed by atoms with Gasteiger partial charge in [-0.05, 0) is 30.5 Å². The first-order valence-corrected chi connectivity index (χ1v) is 6.83. The SMILES string of the molecule is CCCCc1ccc(C(=O)c2ccc(Cl)nc2)cc1. The van der Waals surface area contributed by atoms with Gasteiger partial charge in [0.25, 0.3) is 0 Å². The summed E-state index contributed by atoms with van der Waals surface area (Å²) in [5.74, 6) is -0.0220. The monoisotopic (exact) mass is 273 g/mol. The molecule has 19 heavy (non-hydrogen) atoms. The molecule has 0 atom stereocenters. The van der Waals surface area contributed by atoms with E-state index < -0.39 is 0 Å². The Morgan fingerprint density at radius 1 is 1.11 bits per heavy atom. The molecule has 0 radical (unpaired) electrons. The van der Waals surface area contributed by atoms with Gasteiger partial charge in [-0.1, -0.05) is 49.2 Å². The Balaban J connectivity index is 2.13. The number of halogens is 1. The zero-order chi connectivity index (χ0) is 13.7. The largest absolute Gasteiger partial charge is 0.289 e. The molecule has 3 heteroatoms. The number of carbonyl (C=O) groups excluding carboxylic acids is 1. The summed E-state index contributed by atoms with van der Waals surface area (Å²) in [5.41, 5.74) is 2.52. The van der Waals surface area contributed by atoms with Crippen LogP contribution in [0.25, 0.3) is 0 Å². The van der Waals surface area contributed by atoms with E-state index in [0.29, 0.717) is 16.3 Å². The highest BCUT2D eigenvalue weighted by molar-refractivity contribution is 6.29. The van der Waals surface area contributed by atoms with Crippen molar-refractivity contribution in [3.05, 3.63) is 64.4 Å². The average molecular weight is 274 g/mol. The zero-order valence-corrected chi connectivity index (χ0v) is 11.7. The first kappa shape index (κ1) is 13.8. The van der Waals surface area contributed by atoms with Gasteiger partial charge < -0.3 is 0 Å². The van der Waals surface area contributed by atoms with Crippen LogP contribution < -0.4 is 0 Å². The molecule has 0 unspecified atom stereocenters. The van der Waals surface area contributed by atoms with Gasteiger partial charge >= 0.3 is 0 Å². The lowest BCUT2D eigenvalue weighted by Crippen LogP contribution is -2.02. The molecule has 0 amide bonds. The number of carbonyl (C=O) groups is 1. The van der Waals surface area contributed by atoms with Gasteiger partial charge in [-0.3, -0.25) is 4.79 Å². The van der Waals surface area contributed by atoms with Gasteiger partial charge in [-0.2, -0.15) is 0 Å². The van der Waals surface area contributed by atoms with Crippen LogP contribution in [0.1, 0.15) is 41.3 Å². The molecule has 0 bridgehead atoms. The Bertz CT molecular complexity index is 546. The van der Waals surface area contributed by atoms with Crippen molar-refractivity contribution in [1.82, 2.24) is 4.98 Å². The maximum atomic E-state index is 12.2. The number of hydrogen-bond donors (Lipinski definition) is 0. The fourth-order valence-corrected chi connectivity index (χ4v) is 1.99.